The summed E-state index contributed by atoms with van der Waals surface area (Å²) in [5, 5.41) is 12.4. The molecule has 0 radical (unpaired) electrons. The molecule has 2 aromatic carbocycles. The van der Waals surface area contributed by atoms with Gasteiger partial charge in [-0.25, -0.2) is 0 Å². The van der Waals surface area contributed by atoms with E-state index in [1.165, 1.54) is 11.1 Å². The summed E-state index contributed by atoms with van der Waals surface area (Å²) in [6, 6.07) is 14.0. The number of anilines is 1. The molecule has 3 heteroatoms. The molecule has 21 heavy (non-hydrogen) atoms. The number of carboxylic acid groups (broad SMARTS) is 1. The molecule has 0 saturated heterocycles. The first-order valence-corrected chi connectivity index (χ1v) is 7.10. The van der Waals surface area contributed by atoms with E-state index in [0.29, 0.717) is 0 Å². The topological polar surface area (TPSA) is 49.3 Å². The van der Waals surface area contributed by atoms with Crippen LogP contribution < -0.4 is 5.32 Å². The van der Waals surface area contributed by atoms with Gasteiger partial charge >= 0.3 is 5.97 Å². The van der Waals surface area contributed by atoms with E-state index in [1.807, 2.05) is 30.3 Å². The highest BCUT2D eigenvalue weighted by molar-refractivity contribution is 5.75. The van der Waals surface area contributed by atoms with Crippen molar-refractivity contribution in [3.05, 3.63) is 64.7 Å². The summed E-state index contributed by atoms with van der Waals surface area (Å²) in [4.78, 5) is 11.0. The van der Waals surface area contributed by atoms with Gasteiger partial charge in [0.2, 0.25) is 0 Å². The third-order valence-electron chi connectivity index (χ3n) is 3.94. The van der Waals surface area contributed by atoms with E-state index in [-0.39, 0.29) is 0 Å². The molecule has 0 saturated carbocycles. The molecule has 0 aliphatic rings. The molecule has 110 valence electrons. The fourth-order valence-electron chi connectivity index (χ4n) is 2.21. The lowest BCUT2D eigenvalue weighted by Crippen LogP contribution is -2.07. The smallest absolute Gasteiger partial charge is 0.310 e. The van der Waals surface area contributed by atoms with E-state index in [1.54, 1.807) is 6.92 Å². The van der Waals surface area contributed by atoms with Crippen molar-refractivity contribution in [1.82, 2.24) is 0 Å². The van der Waals surface area contributed by atoms with Crippen LogP contribution >= 0.6 is 0 Å². The van der Waals surface area contributed by atoms with Crippen molar-refractivity contribution in [3.8, 4) is 0 Å². The third kappa shape index (κ3) is 3.63. The van der Waals surface area contributed by atoms with Gasteiger partial charge < -0.3 is 10.4 Å². The summed E-state index contributed by atoms with van der Waals surface area (Å²) in [6.45, 7) is 6.63. The lowest BCUT2D eigenvalue weighted by molar-refractivity contribution is -0.138. The molecule has 2 aromatic rings. The van der Waals surface area contributed by atoms with Crippen LogP contribution in [0.1, 0.15) is 35.1 Å². The zero-order valence-corrected chi connectivity index (χ0v) is 12.7. The largest absolute Gasteiger partial charge is 0.481 e. The minimum Gasteiger partial charge on any atom is -0.481 e. The molecule has 2 rings (SSSR count). The van der Waals surface area contributed by atoms with Crippen LogP contribution in [0.2, 0.25) is 0 Å². The van der Waals surface area contributed by atoms with Crippen molar-refractivity contribution in [2.45, 2.75) is 33.2 Å². The number of rotatable bonds is 5. The van der Waals surface area contributed by atoms with E-state index in [4.69, 9.17) is 5.11 Å². The molecule has 0 fully saturated rings. The van der Waals surface area contributed by atoms with Gasteiger partial charge in [-0.2, -0.15) is 0 Å². The first-order chi connectivity index (χ1) is 9.99. The molecule has 0 amide bonds. The van der Waals surface area contributed by atoms with Gasteiger partial charge in [0.05, 0.1) is 5.92 Å². The zero-order valence-electron chi connectivity index (χ0n) is 12.7. The fourth-order valence-corrected chi connectivity index (χ4v) is 2.21. The van der Waals surface area contributed by atoms with Crippen molar-refractivity contribution in [1.29, 1.82) is 0 Å². The van der Waals surface area contributed by atoms with E-state index < -0.39 is 11.9 Å². The quantitative estimate of drug-likeness (QED) is 0.868. The lowest BCUT2D eigenvalue weighted by atomic mass is 10.00. The van der Waals surface area contributed by atoms with E-state index in [9.17, 15) is 4.79 Å². The Bertz CT molecular complexity index is 632. The summed E-state index contributed by atoms with van der Waals surface area (Å²) in [5.74, 6) is -1.26. The van der Waals surface area contributed by atoms with Gasteiger partial charge in [0, 0.05) is 12.2 Å². The molecule has 0 aliphatic heterocycles. The Labute approximate surface area is 125 Å². The predicted molar refractivity (Wildman–Crippen MR) is 85.7 cm³/mol. The van der Waals surface area contributed by atoms with Crippen molar-refractivity contribution < 1.29 is 9.90 Å². The molecule has 0 spiro atoms. The first kappa shape index (κ1) is 15.1. The number of hydrogen-bond acceptors (Lipinski definition) is 2. The van der Waals surface area contributed by atoms with Crippen LogP contribution in [0.4, 0.5) is 5.69 Å². The normalized spacial score (nSPS) is 12.0. The standard InChI is InChI=1S/C18H21NO2/c1-12-5-4-6-17(13(12)2)19-11-15-7-9-16(10-8-15)14(3)18(20)21/h4-10,14,19H,11H2,1-3H3,(H,20,21). The molecular formula is C18H21NO2. The van der Waals surface area contributed by atoms with Gasteiger partial charge in [-0.15, -0.1) is 0 Å². The number of carboxylic acids is 1. The maximum atomic E-state index is 11.0. The molecule has 1 atom stereocenters. The van der Waals surface area contributed by atoms with Gasteiger partial charge in [-0.1, -0.05) is 36.4 Å². The molecule has 1 unspecified atom stereocenters. The summed E-state index contributed by atoms with van der Waals surface area (Å²) in [5.41, 5.74) is 5.63. The van der Waals surface area contributed by atoms with E-state index in [2.05, 4.69) is 31.3 Å². The Morgan fingerprint density at radius 1 is 1.14 bits per heavy atom. The molecule has 3 nitrogen and oxygen atoms in total. The molecule has 0 bridgehead atoms. The SMILES string of the molecule is Cc1cccc(NCc2ccc(C(C)C(=O)O)cc2)c1C. The average molecular weight is 283 g/mol. The van der Waals surface area contributed by atoms with E-state index >= 15 is 0 Å². The van der Waals surface area contributed by atoms with Crippen LogP contribution in [-0.4, -0.2) is 11.1 Å². The van der Waals surface area contributed by atoms with Crippen LogP contribution in [0.15, 0.2) is 42.5 Å². The van der Waals surface area contributed by atoms with Gasteiger partial charge in [0.25, 0.3) is 0 Å². The summed E-state index contributed by atoms with van der Waals surface area (Å²) in [7, 11) is 0. The van der Waals surface area contributed by atoms with Gasteiger partial charge in [-0.3, -0.25) is 4.79 Å². The second kappa shape index (κ2) is 6.44. The fraction of sp³-hybridized carbons (Fsp3) is 0.278. The summed E-state index contributed by atoms with van der Waals surface area (Å²) in [6.07, 6.45) is 0. The number of hydrogen-bond donors (Lipinski definition) is 2. The second-order valence-corrected chi connectivity index (χ2v) is 5.40. The van der Waals surface area contributed by atoms with Gasteiger partial charge in [0.1, 0.15) is 0 Å². The Balaban J connectivity index is 2.04. The predicted octanol–water partition coefficient (Wildman–Crippen LogP) is 4.10. The number of nitrogens with one attached hydrogen (secondary N) is 1. The Hall–Kier alpha value is -2.29. The van der Waals surface area contributed by atoms with Gasteiger partial charge in [-0.05, 0) is 49.1 Å². The third-order valence-corrected chi connectivity index (χ3v) is 3.94. The number of carbonyl (C=O) groups is 1. The van der Waals surface area contributed by atoms with Crippen molar-refractivity contribution in [3.63, 3.8) is 0 Å². The van der Waals surface area contributed by atoms with E-state index in [0.717, 1.165) is 23.4 Å². The van der Waals surface area contributed by atoms with Crippen molar-refractivity contribution in [2.24, 2.45) is 0 Å². The van der Waals surface area contributed by atoms with Crippen LogP contribution in [0.3, 0.4) is 0 Å². The van der Waals surface area contributed by atoms with Crippen LogP contribution in [-0.2, 0) is 11.3 Å². The molecule has 0 aliphatic carbocycles. The van der Waals surface area contributed by atoms with Crippen molar-refractivity contribution >= 4 is 11.7 Å². The molecule has 0 aromatic heterocycles. The van der Waals surface area contributed by atoms with Crippen LogP contribution in [0.5, 0.6) is 0 Å². The molecule has 0 heterocycles. The molecular weight excluding hydrogens is 262 g/mol. The Kier molecular flexibility index (Phi) is 4.63. The second-order valence-electron chi connectivity index (χ2n) is 5.40. The number of aliphatic carboxylic acids is 1. The molecule has 2 N–H and O–H groups in total. The van der Waals surface area contributed by atoms with Crippen LogP contribution in [0.25, 0.3) is 0 Å². The van der Waals surface area contributed by atoms with Crippen LogP contribution in [0, 0.1) is 13.8 Å². The first-order valence-electron chi connectivity index (χ1n) is 7.10. The number of benzene rings is 2. The highest BCUT2D eigenvalue weighted by Crippen LogP contribution is 2.20. The van der Waals surface area contributed by atoms with Crippen molar-refractivity contribution in [2.75, 3.05) is 5.32 Å². The lowest BCUT2D eigenvalue weighted by Gasteiger charge is -2.12. The zero-order chi connectivity index (χ0) is 15.4. The average Bonchev–Trinajstić information content (AvgIpc) is 2.48. The maximum absolute atomic E-state index is 11.0. The monoisotopic (exact) mass is 283 g/mol. The highest BCUT2D eigenvalue weighted by Gasteiger charge is 2.12. The maximum Gasteiger partial charge on any atom is 0.310 e. The highest BCUT2D eigenvalue weighted by atomic mass is 16.4. The van der Waals surface area contributed by atoms with Gasteiger partial charge in [0.15, 0.2) is 0 Å². The minimum absolute atomic E-state index is 0.467. The Morgan fingerprint density at radius 3 is 2.43 bits per heavy atom. The Morgan fingerprint density at radius 2 is 1.81 bits per heavy atom. The summed E-state index contributed by atoms with van der Waals surface area (Å²) >= 11 is 0. The minimum atomic E-state index is -0.795. The summed E-state index contributed by atoms with van der Waals surface area (Å²) < 4.78 is 0. The number of aryl methyl sites for hydroxylation is 1.